The van der Waals surface area contributed by atoms with E-state index in [1.54, 1.807) is 13.3 Å². The molecule has 1 aliphatic rings. The van der Waals surface area contributed by atoms with E-state index in [9.17, 15) is 4.79 Å². The lowest BCUT2D eigenvalue weighted by atomic mass is 10.2. The van der Waals surface area contributed by atoms with Gasteiger partial charge in [-0.1, -0.05) is 0 Å². The van der Waals surface area contributed by atoms with Crippen LogP contribution in [0.5, 0.6) is 0 Å². The van der Waals surface area contributed by atoms with E-state index < -0.39 is 0 Å². The van der Waals surface area contributed by atoms with Crippen molar-refractivity contribution in [2.24, 2.45) is 0 Å². The fourth-order valence-electron chi connectivity index (χ4n) is 2.41. The summed E-state index contributed by atoms with van der Waals surface area (Å²) in [5.74, 6) is 0. The normalized spacial score (nSPS) is 22.1. The van der Waals surface area contributed by atoms with Crippen LogP contribution in [0, 0.1) is 0 Å². The molecule has 0 bridgehead atoms. The van der Waals surface area contributed by atoms with Crippen LogP contribution in [0.2, 0.25) is 0 Å². The van der Waals surface area contributed by atoms with Crippen molar-refractivity contribution in [2.45, 2.75) is 37.1 Å². The maximum absolute atomic E-state index is 12.1. The predicted octanol–water partition coefficient (Wildman–Crippen LogP) is 2.35. The lowest BCUT2D eigenvalue weighted by Gasteiger charge is -2.15. The smallest absolute Gasteiger partial charge is 0.283 e. The Hall–Kier alpha value is -0.530. The van der Waals surface area contributed by atoms with Gasteiger partial charge in [-0.3, -0.25) is 4.79 Å². The molecule has 0 amide bonds. The molecule has 2 rings (SSSR count). The van der Waals surface area contributed by atoms with Gasteiger partial charge in [-0.05, 0) is 41.4 Å². The topological polar surface area (TPSA) is 56.1 Å². The van der Waals surface area contributed by atoms with Gasteiger partial charge in [-0.2, -0.15) is 16.9 Å². The molecule has 5 nitrogen and oxygen atoms in total. The van der Waals surface area contributed by atoms with Gasteiger partial charge in [0.25, 0.3) is 5.56 Å². The van der Waals surface area contributed by atoms with E-state index in [4.69, 9.17) is 4.74 Å². The number of thioether (sulfide) groups is 1. The summed E-state index contributed by atoms with van der Waals surface area (Å²) in [4.78, 5) is 12.1. The first-order valence-electron chi connectivity index (χ1n) is 6.69. The molecule has 112 valence electrons. The molecule has 1 aromatic rings. The van der Waals surface area contributed by atoms with E-state index in [1.807, 2.05) is 11.8 Å². The standard InChI is InChI=1S/C13H20BrN3O2S/c1-19-6-5-17-13(18)12(14)11(8-15-17)16-9-3-4-10(7-9)20-2/h8-10,16H,3-7H2,1-2H3. The van der Waals surface area contributed by atoms with Crippen LogP contribution in [-0.2, 0) is 11.3 Å². The lowest BCUT2D eigenvalue weighted by molar-refractivity contribution is 0.181. The van der Waals surface area contributed by atoms with E-state index >= 15 is 0 Å². The van der Waals surface area contributed by atoms with Crippen LogP contribution < -0.4 is 10.9 Å². The van der Waals surface area contributed by atoms with Crippen molar-refractivity contribution in [3.05, 3.63) is 21.0 Å². The number of aromatic nitrogens is 2. The third-order valence-electron chi connectivity index (χ3n) is 3.57. The number of methoxy groups -OCH3 is 1. The molecule has 2 unspecified atom stereocenters. The molecule has 7 heteroatoms. The van der Waals surface area contributed by atoms with Gasteiger partial charge in [-0.25, -0.2) is 4.68 Å². The zero-order valence-electron chi connectivity index (χ0n) is 11.8. The van der Waals surface area contributed by atoms with Crippen molar-refractivity contribution in [1.82, 2.24) is 9.78 Å². The third kappa shape index (κ3) is 3.77. The van der Waals surface area contributed by atoms with Crippen molar-refractivity contribution in [1.29, 1.82) is 0 Å². The second kappa shape index (κ2) is 7.47. The Morgan fingerprint density at radius 2 is 2.40 bits per heavy atom. The molecule has 0 radical (unpaired) electrons. The third-order valence-corrected chi connectivity index (χ3v) is 5.43. The van der Waals surface area contributed by atoms with Crippen molar-refractivity contribution in [3.63, 3.8) is 0 Å². The van der Waals surface area contributed by atoms with Crippen LogP contribution in [0.1, 0.15) is 19.3 Å². The Morgan fingerprint density at radius 1 is 1.60 bits per heavy atom. The number of nitrogens with zero attached hydrogens (tertiary/aromatic N) is 2. The van der Waals surface area contributed by atoms with Gasteiger partial charge in [0.2, 0.25) is 0 Å². The molecule has 1 aromatic heterocycles. The summed E-state index contributed by atoms with van der Waals surface area (Å²) in [6.45, 7) is 0.941. The highest BCUT2D eigenvalue weighted by atomic mass is 79.9. The van der Waals surface area contributed by atoms with Crippen LogP contribution in [0.25, 0.3) is 0 Å². The Labute approximate surface area is 131 Å². The molecule has 1 aliphatic carbocycles. The van der Waals surface area contributed by atoms with Crippen LogP contribution in [0.3, 0.4) is 0 Å². The SMILES string of the molecule is COCCn1ncc(NC2CCC(SC)C2)c(Br)c1=O. The first kappa shape index (κ1) is 15.9. The second-order valence-electron chi connectivity index (χ2n) is 4.91. The Kier molecular flexibility index (Phi) is 5.92. The first-order valence-corrected chi connectivity index (χ1v) is 8.77. The van der Waals surface area contributed by atoms with Gasteiger partial charge >= 0.3 is 0 Å². The Balaban J connectivity index is 2.06. The average molecular weight is 362 g/mol. The van der Waals surface area contributed by atoms with E-state index in [0.717, 1.165) is 23.8 Å². The highest BCUT2D eigenvalue weighted by Gasteiger charge is 2.24. The van der Waals surface area contributed by atoms with Gasteiger partial charge in [0.1, 0.15) is 4.47 Å². The molecule has 1 saturated carbocycles. The summed E-state index contributed by atoms with van der Waals surface area (Å²) in [6, 6.07) is 0.430. The van der Waals surface area contributed by atoms with Gasteiger partial charge in [-0.15, -0.1) is 0 Å². The molecule has 1 fully saturated rings. The monoisotopic (exact) mass is 361 g/mol. The number of hydrogen-bond donors (Lipinski definition) is 1. The number of rotatable bonds is 6. The van der Waals surface area contributed by atoms with Gasteiger partial charge in [0, 0.05) is 18.4 Å². The number of hydrogen-bond acceptors (Lipinski definition) is 5. The van der Waals surface area contributed by atoms with Crippen molar-refractivity contribution >= 4 is 33.4 Å². The molecule has 20 heavy (non-hydrogen) atoms. The van der Waals surface area contributed by atoms with Crippen LogP contribution in [0.4, 0.5) is 5.69 Å². The minimum Gasteiger partial charge on any atom is -0.383 e. The number of halogens is 1. The molecule has 0 saturated heterocycles. The highest BCUT2D eigenvalue weighted by molar-refractivity contribution is 9.10. The summed E-state index contributed by atoms with van der Waals surface area (Å²) < 4.78 is 6.94. The Bertz CT molecular complexity index is 509. The van der Waals surface area contributed by atoms with Crippen LogP contribution in [0.15, 0.2) is 15.5 Å². The average Bonchev–Trinajstić information content (AvgIpc) is 2.91. The fourth-order valence-corrected chi connectivity index (χ4v) is 3.63. The summed E-state index contributed by atoms with van der Waals surface area (Å²) in [5, 5.41) is 8.34. The molecular formula is C13H20BrN3O2S. The molecule has 0 aromatic carbocycles. The molecule has 1 N–H and O–H groups in total. The van der Waals surface area contributed by atoms with Crippen molar-refractivity contribution in [3.8, 4) is 0 Å². The van der Waals surface area contributed by atoms with Gasteiger partial charge in [0.15, 0.2) is 0 Å². The second-order valence-corrected chi connectivity index (χ2v) is 6.84. The van der Waals surface area contributed by atoms with Crippen molar-refractivity contribution in [2.75, 3.05) is 25.3 Å². The lowest BCUT2D eigenvalue weighted by Crippen LogP contribution is -2.27. The number of anilines is 1. The van der Waals surface area contributed by atoms with Crippen LogP contribution >= 0.6 is 27.7 Å². The molecule has 2 atom stereocenters. The van der Waals surface area contributed by atoms with E-state index in [-0.39, 0.29) is 5.56 Å². The molecule has 1 heterocycles. The molecule has 0 spiro atoms. The predicted molar refractivity (Wildman–Crippen MR) is 86.6 cm³/mol. The minimum atomic E-state index is -0.119. The quantitative estimate of drug-likeness (QED) is 0.842. The number of nitrogens with one attached hydrogen (secondary N) is 1. The summed E-state index contributed by atoms with van der Waals surface area (Å²) in [5.41, 5.74) is 0.668. The van der Waals surface area contributed by atoms with Crippen molar-refractivity contribution < 1.29 is 4.74 Å². The van der Waals surface area contributed by atoms with Gasteiger partial charge in [0.05, 0.1) is 25.0 Å². The summed E-state index contributed by atoms with van der Waals surface area (Å²) in [7, 11) is 1.61. The van der Waals surface area contributed by atoms with Gasteiger partial charge < -0.3 is 10.1 Å². The largest absolute Gasteiger partial charge is 0.383 e. The first-order chi connectivity index (χ1) is 9.65. The van der Waals surface area contributed by atoms with E-state index in [1.165, 1.54) is 11.1 Å². The van der Waals surface area contributed by atoms with Crippen LogP contribution in [-0.4, -0.2) is 41.0 Å². The Morgan fingerprint density at radius 3 is 3.05 bits per heavy atom. The zero-order chi connectivity index (χ0) is 14.5. The van der Waals surface area contributed by atoms with E-state index in [0.29, 0.717) is 23.7 Å². The highest BCUT2D eigenvalue weighted by Crippen LogP contribution is 2.31. The fraction of sp³-hybridized carbons (Fsp3) is 0.692. The molecular weight excluding hydrogens is 342 g/mol. The number of ether oxygens (including phenoxy) is 1. The van der Waals surface area contributed by atoms with E-state index in [2.05, 4.69) is 32.6 Å². The molecule has 0 aliphatic heterocycles. The maximum atomic E-state index is 12.1. The maximum Gasteiger partial charge on any atom is 0.283 e. The summed E-state index contributed by atoms with van der Waals surface area (Å²) in [6.07, 6.45) is 7.38. The zero-order valence-corrected chi connectivity index (χ0v) is 14.2. The minimum absolute atomic E-state index is 0.119. The summed E-state index contributed by atoms with van der Waals surface area (Å²) >= 11 is 5.30.